The number of ether oxygens (including phenoxy) is 2. The molecule has 0 saturated carbocycles. The molecule has 0 aliphatic rings. The predicted molar refractivity (Wildman–Crippen MR) is 238 cm³/mol. The number of likely N-dealkylation sites (N-methyl/N-ethyl adjacent to an activating group) is 1. The molecule has 0 spiro atoms. The van der Waals surface area contributed by atoms with E-state index < -0.39 is 13.9 Å². The van der Waals surface area contributed by atoms with E-state index in [2.05, 4.69) is 38.2 Å². The SMILES string of the molecule is CCCCC/C=C\C/C=C\CCCCCCCCCCCCOCC(COP(=O)(O)OCC[N+](C)(C)C)OC(=O)CCCCCCCCCCCCCCCC. The first kappa shape index (κ1) is 55.0. The Hall–Kier alpha value is -1.02. The first-order valence-corrected chi connectivity index (χ1v) is 25.1. The van der Waals surface area contributed by atoms with Gasteiger partial charge in [0.05, 0.1) is 34.4 Å². The zero-order chi connectivity index (χ0) is 41.3. The minimum Gasteiger partial charge on any atom is -0.457 e. The molecule has 9 heteroatoms. The van der Waals surface area contributed by atoms with Gasteiger partial charge in [0.15, 0.2) is 0 Å². The van der Waals surface area contributed by atoms with Crippen LogP contribution in [-0.2, 0) is 27.9 Å². The molecular formula is C47H93NO7P+. The van der Waals surface area contributed by atoms with Crippen molar-refractivity contribution in [1.29, 1.82) is 0 Å². The third kappa shape index (κ3) is 44.1. The summed E-state index contributed by atoms with van der Waals surface area (Å²) in [6, 6.07) is 0. The van der Waals surface area contributed by atoms with Crippen molar-refractivity contribution in [3.05, 3.63) is 24.3 Å². The number of hydrogen-bond donors (Lipinski definition) is 1. The Labute approximate surface area is 347 Å². The monoisotopic (exact) mass is 815 g/mol. The van der Waals surface area contributed by atoms with Gasteiger partial charge in [-0.15, -0.1) is 0 Å². The van der Waals surface area contributed by atoms with Crippen LogP contribution in [0.5, 0.6) is 0 Å². The van der Waals surface area contributed by atoms with Crippen LogP contribution >= 0.6 is 7.82 Å². The number of phosphoric acid groups is 1. The molecule has 0 bridgehead atoms. The van der Waals surface area contributed by atoms with Crippen LogP contribution in [0.4, 0.5) is 0 Å². The fraction of sp³-hybridized carbons (Fsp3) is 0.894. The Morgan fingerprint density at radius 2 is 0.982 bits per heavy atom. The highest BCUT2D eigenvalue weighted by molar-refractivity contribution is 7.47. The summed E-state index contributed by atoms with van der Waals surface area (Å²) in [5, 5.41) is 0. The molecular weight excluding hydrogens is 721 g/mol. The van der Waals surface area contributed by atoms with Gasteiger partial charge >= 0.3 is 13.8 Å². The van der Waals surface area contributed by atoms with Crippen molar-refractivity contribution < 1.29 is 37.3 Å². The Bertz CT molecular complexity index is 951. The van der Waals surface area contributed by atoms with Crippen LogP contribution in [0.2, 0.25) is 0 Å². The summed E-state index contributed by atoms with van der Waals surface area (Å²) in [6.45, 7) is 5.63. The summed E-state index contributed by atoms with van der Waals surface area (Å²) < 4.78 is 35.1. The second-order valence-corrected chi connectivity index (χ2v) is 18.6. The molecule has 0 rings (SSSR count). The molecule has 0 aliphatic carbocycles. The fourth-order valence-corrected chi connectivity index (χ4v) is 7.33. The van der Waals surface area contributed by atoms with Gasteiger partial charge in [-0.1, -0.05) is 186 Å². The smallest absolute Gasteiger partial charge is 0.457 e. The lowest BCUT2D eigenvalue weighted by atomic mass is 10.0. The van der Waals surface area contributed by atoms with E-state index in [9.17, 15) is 14.3 Å². The molecule has 0 fully saturated rings. The first-order chi connectivity index (χ1) is 27.1. The second-order valence-electron chi connectivity index (χ2n) is 17.1. The van der Waals surface area contributed by atoms with Crippen molar-refractivity contribution in [2.24, 2.45) is 0 Å². The van der Waals surface area contributed by atoms with Crippen LogP contribution in [0, 0.1) is 0 Å². The molecule has 0 aliphatic heterocycles. The standard InChI is InChI=1S/C47H92NO7P/c1-6-8-10-12-14-16-18-20-22-23-24-25-26-27-29-31-33-35-37-39-42-52-44-46(45-54-56(50,51)53-43-41-48(3,4)5)55-47(49)40-38-36-34-32-30-28-21-19-17-15-13-11-9-7-2/h14,16,20,22,46H,6-13,15,17-19,21,23-45H2,1-5H3/p+1/b16-14-,22-20-. The van der Waals surface area contributed by atoms with E-state index in [1.54, 1.807) is 0 Å². The number of esters is 1. The van der Waals surface area contributed by atoms with E-state index in [1.165, 1.54) is 154 Å². The first-order valence-electron chi connectivity index (χ1n) is 23.6. The largest absolute Gasteiger partial charge is 0.472 e. The zero-order valence-electron chi connectivity index (χ0n) is 37.6. The summed E-state index contributed by atoms with van der Waals surface area (Å²) in [4.78, 5) is 22.9. The Balaban J connectivity index is 4.15. The van der Waals surface area contributed by atoms with Gasteiger partial charge in [-0.25, -0.2) is 4.57 Å². The number of rotatable bonds is 44. The molecule has 2 atom stereocenters. The molecule has 0 aromatic rings. The van der Waals surface area contributed by atoms with E-state index in [4.69, 9.17) is 18.5 Å². The Kier molecular flexibility index (Phi) is 40.0. The van der Waals surface area contributed by atoms with Crippen LogP contribution in [0.25, 0.3) is 0 Å². The van der Waals surface area contributed by atoms with Crippen molar-refractivity contribution in [3.8, 4) is 0 Å². The fourth-order valence-electron chi connectivity index (χ4n) is 6.58. The summed E-state index contributed by atoms with van der Waals surface area (Å²) >= 11 is 0. The van der Waals surface area contributed by atoms with Gasteiger partial charge in [0.1, 0.15) is 19.3 Å². The van der Waals surface area contributed by atoms with Gasteiger partial charge < -0.3 is 18.9 Å². The predicted octanol–water partition coefficient (Wildman–Crippen LogP) is 14.0. The van der Waals surface area contributed by atoms with Crippen molar-refractivity contribution in [3.63, 3.8) is 0 Å². The third-order valence-electron chi connectivity index (χ3n) is 10.3. The van der Waals surface area contributed by atoms with Gasteiger partial charge in [-0.05, 0) is 44.9 Å². The number of unbranched alkanes of at least 4 members (excludes halogenated alkanes) is 26. The number of carbonyl (C=O) groups excluding carboxylic acids is 1. The number of quaternary nitrogens is 1. The minimum absolute atomic E-state index is 0.0902. The van der Waals surface area contributed by atoms with Gasteiger partial charge in [0.2, 0.25) is 0 Å². The normalized spacial score (nSPS) is 13.9. The highest BCUT2D eigenvalue weighted by atomic mass is 31.2. The topological polar surface area (TPSA) is 91.3 Å². The van der Waals surface area contributed by atoms with E-state index in [-0.39, 0.29) is 25.8 Å². The van der Waals surface area contributed by atoms with Crippen LogP contribution in [0.15, 0.2) is 24.3 Å². The zero-order valence-corrected chi connectivity index (χ0v) is 38.5. The molecule has 332 valence electrons. The van der Waals surface area contributed by atoms with Gasteiger partial charge in [-0.2, -0.15) is 0 Å². The maximum atomic E-state index is 12.7. The van der Waals surface area contributed by atoms with Gasteiger partial charge in [0, 0.05) is 13.0 Å². The van der Waals surface area contributed by atoms with E-state index in [0.29, 0.717) is 24.1 Å². The number of phosphoric ester groups is 1. The molecule has 8 nitrogen and oxygen atoms in total. The highest BCUT2D eigenvalue weighted by Crippen LogP contribution is 2.43. The maximum Gasteiger partial charge on any atom is 0.472 e. The highest BCUT2D eigenvalue weighted by Gasteiger charge is 2.26. The van der Waals surface area contributed by atoms with E-state index in [1.807, 2.05) is 21.1 Å². The molecule has 56 heavy (non-hydrogen) atoms. The van der Waals surface area contributed by atoms with Gasteiger partial charge in [0.25, 0.3) is 0 Å². The summed E-state index contributed by atoms with van der Waals surface area (Å²) in [7, 11) is 1.67. The van der Waals surface area contributed by atoms with Crippen LogP contribution < -0.4 is 0 Å². The molecule has 0 amide bonds. The quantitative estimate of drug-likeness (QED) is 0.0215. The summed E-state index contributed by atoms with van der Waals surface area (Å²) in [5.41, 5.74) is 0. The molecule has 1 N–H and O–H groups in total. The number of hydrogen-bond acceptors (Lipinski definition) is 6. The van der Waals surface area contributed by atoms with Crippen LogP contribution in [0.1, 0.15) is 213 Å². The second kappa shape index (κ2) is 40.7. The molecule has 2 unspecified atom stereocenters. The summed E-state index contributed by atoms with van der Waals surface area (Å²) in [5.74, 6) is -0.312. The van der Waals surface area contributed by atoms with E-state index in [0.717, 1.165) is 38.5 Å². The lowest BCUT2D eigenvalue weighted by Crippen LogP contribution is -2.37. The average Bonchev–Trinajstić information content (AvgIpc) is 3.15. The van der Waals surface area contributed by atoms with Crippen LogP contribution in [-0.4, -0.2) is 75.6 Å². The van der Waals surface area contributed by atoms with Crippen molar-refractivity contribution in [2.45, 2.75) is 219 Å². The number of allylic oxidation sites excluding steroid dienone is 4. The Morgan fingerprint density at radius 1 is 0.554 bits per heavy atom. The third-order valence-corrected chi connectivity index (χ3v) is 11.2. The number of nitrogens with zero attached hydrogens (tertiary/aromatic N) is 1. The average molecular weight is 815 g/mol. The van der Waals surface area contributed by atoms with Crippen LogP contribution in [0.3, 0.4) is 0 Å². The molecule has 0 heterocycles. The van der Waals surface area contributed by atoms with E-state index >= 15 is 0 Å². The number of carbonyl (C=O) groups is 1. The molecule has 0 aromatic heterocycles. The minimum atomic E-state index is -4.27. The lowest BCUT2D eigenvalue weighted by molar-refractivity contribution is -0.870. The Morgan fingerprint density at radius 3 is 1.48 bits per heavy atom. The van der Waals surface area contributed by atoms with Gasteiger partial charge in [-0.3, -0.25) is 13.8 Å². The molecule has 0 radical (unpaired) electrons. The van der Waals surface area contributed by atoms with Crippen molar-refractivity contribution in [1.82, 2.24) is 0 Å². The lowest BCUT2D eigenvalue weighted by Gasteiger charge is -2.24. The molecule has 0 aromatic carbocycles. The van der Waals surface area contributed by atoms with Crippen molar-refractivity contribution >= 4 is 13.8 Å². The van der Waals surface area contributed by atoms with Crippen molar-refractivity contribution in [2.75, 3.05) is 54.1 Å². The molecule has 0 saturated heterocycles. The maximum absolute atomic E-state index is 12.7. The summed E-state index contributed by atoms with van der Waals surface area (Å²) in [6.07, 6.45) is 46.3.